The normalized spacial score (nSPS) is 19.9. The average Bonchev–Trinajstić information content (AvgIpc) is 3.99. The summed E-state index contributed by atoms with van der Waals surface area (Å²) < 4.78 is 22.0. The maximum atomic E-state index is 15.2. The first-order valence-corrected chi connectivity index (χ1v) is 28.8. The van der Waals surface area contributed by atoms with Gasteiger partial charge in [-0.05, 0) is 134 Å². The topological polar surface area (TPSA) is 156 Å². The number of benzene rings is 2. The number of fused-ring (bicyclic) bond motifs is 6. The molecule has 14 nitrogen and oxygen atoms in total. The number of nitrogens with one attached hydrogen (secondary N) is 3. The third-order valence-electron chi connectivity index (χ3n) is 15.9. The molecular weight excluding hydrogens is 923 g/mol. The van der Waals surface area contributed by atoms with Crippen molar-refractivity contribution in [1.29, 1.82) is 0 Å². The molecule has 2 aromatic carbocycles. The standard InChI is InChI=1S/C57H83N7O7Si/c1-14-63-49-24-23-41-31-45(49)46(53(63)44-21-17-25-59-51(44)38(8)69-13)32-57(9,10)34-70-56(68)47-22-18-26-64(61-47)55(67)48(60-54(66)52(40-19-15-16-20-40)62(12)50(65)33-58-11)29-39-27-42(41)30-43(28-39)71-72(35(2)3,36(4)5)37(6)7/h17,21,23-25,27-28,30-31,35-38,40,47-48,52,58,61H,14-16,18-20,22,26,29,32-34H2,1-13H3,(H,60,66)/t38-,47-,48-,52-/m0/s1. The molecule has 15 heteroatoms. The van der Waals surface area contributed by atoms with Crippen LogP contribution in [0.25, 0.3) is 33.3 Å². The number of rotatable bonds is 15. The largest absolute Gasteiger partial charge is 0.543 e. The van der Waals surface area contributed by atoms with Crippen molar-refractivity contribution in [3.63, 3.8) is 0 Å². The van der Waals surface area contributed by atoms with Crippen LogP contribution in [0, 0.1) is 11.3 Å². The van der Waals surface area contributed by atoms with Crippen LogP contribution in [-0.2, 0) is 48.0 Å². The Morgan fingerprint density at radius 3 is 2.32 bits per heavy atom. The van der Waals surface area contributed by atoms with Crippen molar-refractivity contribution in [2.45, 2.75) is 168 Å². The molecule has 7 rings (SSSR count). The Balaban J connectivity index is 1.46. The molecule has 392 valence electrons. The van der Waals surface area contributed by atoms with E-state index in [0.29, 0.717) is 49.0 Å². The summed E-state index contributed by atoms with van der Waals surface area (Å²) in [5, 5.41) is 8.74. The highest BCUT2D eigenvalue weighted by Crippen LogP contribution is 2.45. The van der Waals surface area contributed by atoms with Gasteiger partial charge in [-0.3, -0.25) is 29.2 Å². The second kappa shape index (κ2) is 23.0. The minimum atomic E-state index is -2.51. The monoisotopic (exact) mass is 1010 g/mol. The van der Waals surface area contributed by atoms with Crippen LogP contribution in [0.4, 0.5) is 0 Å². The molecule has 2 fully saturated rings. The van der Waals surface area contributed by atoms with Gasteiger partial charge in [-0.25, -0.2) is 5.43 Å². The van der Waals surface area contributed by atoms with Crippen molar-refractivity contribution in [3.05, 3.63) is 71.5 Å². The van der Waals surface area contributed by atoms with E-state index in [4.69, 9.17) is 18.9 Å². The van der Waals surface area contributed by atoms with Crippen molar-refractivity contribution >= 4 is 42.9 Å². The number of ether oxygens (including phenoxy) is 2. The number of likely N-dealkylation sites (N-methyl/N-ethyl adjacent to an activating group) is 2. The number of nitrogens with zero attached hydrogens (tertiary/aromatic N) is 4. The van der Waals surface area contributed by atoms with Gasteiger partial charge in [0.2, 0.25) is 11.8 Å². The molecule has 0 spiro atoms. The Kier molecular flexibility index (Phi) is 17.5. The van der Waals surface area contributed by atoms with E-state index in [1.165, 1.54) is 5.01 Å². The lowest BCUT2D eigenvalue weighted by molar-refractivity contribution is -0.155. The zero-order valence-corrected chi connectivity index (χ0v) is 46.4. The van der Waals surface area contributed by atoms with Gasteiger partial charge in [0, 0.05) is 61.7 Å². The van der Waals surface area contributed by atoms with Gasteiger partial charge in [0.1, 0.15) is 23.9 Å². The summed E-state index contributed by atoms with van der Waals surface area (Å²) in [6, 6.07) is 14.5. The minimum absolute atomic E-state index is 0.0536. The molecule has 2 aromatic heterocycles. The number of amides is 3. The Labute approximate surface area is 429 Å². The van der Waals surface area contributed by atoms with Crippen molar-refractivity contribution < 1.29 is 33.1 Å². The second-order valence-corrected chi connectivity index (χ2v) is 27.8. The van der Waals surface area contributed by atoms with Gasteiger partial charge < -0.3 is 34.0 Å². The summed E-state index contributed by atoms with van der Waals surface area (Å²) in [5.74, 6) is -0.678. The maximum absolute atomic E-state index is 15.2. The number of esters is 1. The Bertz CT molecular complexity index is 2560. The molecule has 0 unspecified atom stereocenters. The zero-order valence-electron chi connectivity index (χ0n) is 45.4. The first kappa shape index (κ1) is 54.7. The highest BCUT2D eigenvalue weighted by molar-refractivity contribution is 6.78. The van der Waals surface area contributed by atoms with Gasteiger partial charge >= 0.3 is 5.97 Å². The molecule has 1 saturated heterocycles. The molecule has 72 heavy (non-hydrogen) atoms. The van der Waals surface area contributed by atoms with Crippen LogP contribution in [0.3, 0.4) is 0 Å². The number of hydrogen-bond acceptors (Lipinski definition) is 10. The highest BCUT2D eigenvalue weighted by Gasteiger charge is 2.47. The number of carbonyl (C=O) groups is 4. The van der Waals surface area contributed by atoms with Crippen LogP contribution in [-0.4, -0.2) is 110 Å². The summed E-state index contributed by atoms with van der Waals surface area (Å²) >= 11 is 0. The average molecular weight is 1010 g/mol. The molecular formula is C57H83N7O7Si. The fourth-order valence-corrected chi connectivity index (χ4v) is 17.6. The van der Waals surface area contributed by atoms with Crippen LogP contribution < -0.4 is 20.5 Å². The maximum Gasteiger partial charge on any atom is 0.324 e. The summed E-state index contributed by atoms with van der Waals surface area (Å²) in [7, 11) is 2.60. The molecule has 3 N–H and O–H groups in total. The highest BCUT2D eigenvalue weighted by atomic mass is 28.4. The molecule has 2 aliphatic heterocycles. The van der Waals surface area contributed by atoms with Gasteiger partial charge in [-0.15, -0.1) is 0 Å². The predicted molar refractivity (Wildman–Crippen MR) is 288 cm³/mol. The number of aromatic nitrogens is 2. The third kappa shape index (κ3) is 11.3. The summed E-state index contributed by atoms with van der Waals surface area (Å²) in [5.41, 5.74) is 11.4. The van der Waals surface area contributed by atoms with E-state index < -0.39 is 37.8 Å². The molecule has 1 saturated carbocycles. The SMILES string of the molecule is CCn1c(-c2cccnc2[C@H](C)OC)c2c3cc(ccc31)-c1cc(cc(O[Si](C(C)C)(C(C)C)C(C)C)c1)C[C@H](NC(=O)[C@H](C1CCCC1)N(C)C(=O)CNC)C(=O)N1CCC[C@H](N1)C(=O)OCC(C)(C)C2. The van der Waals surface area contributed by atoms with Crippen molar-refractivity contribution in [2.75, 3.05) is 40.9 Å². The molecule has 1 aliphatic carbocycles. The minimum Gasteiger partial charge on any atom is -0.543 e. The number of aryl methyl sites for hydroxylation is 1. The van der Waals surface area contributed by atoms with E-state index >= 15 is 4.79 Å². The molecule has 6 bridgehead atoms. The van der Waals surface area contributed by atoms with Gasteiger partial charge in [0.05, 0.1) is 30.6 Å². The Hall–Kier alpha value is -5.09. The molecule has 3 aliphatic rings. The van der Waals surface area contributed by atoms with E-state index in [9.17, 15) is 14.4 Å². The number of cyclic esters (lactones) is 1. The number of hydrazine groups is 1. The van der Waals surface area contributed by atoms with Crippen LogP contribution in [0.15, 0.2) is 54.7 Å². The van der Waals surface area contributed by atoms with Crippen LogP contribution >= 0.6 is 0 Å². The predicted octanol–water partition coefficient (Wildman–Crippen LogP) is 9.54. The van der Waals surface area contributed by atoms with E-state index in [2.05, 4.69) is 125 Å². The fraction of sp³-hybridized carbons (Fsp3) is 0.596. The lowest BCUT2D eigenvalue weighted by Crippen LogP contribution is -2.62. The number of pyridine rings is 1. The van der Waals surface area contributed by atoms with Crippen LogP contribution in [0.1, 0.15) is 131 Å². The lowest BCUT2D eigenvalue weighted by atomic mass is 9.84. The number of hydrogen-bond donors (Lipinski definition) is 3. The summed E-state index contributed by atoms with van der Waals surface area (Å²) in [6.45, 7) is 23.4. The molecule has 4 atom stereocenters. The smallest absolute Gasteiger partial charge is 0.324 e. The van der Waals surface area contributed by atoms with Crippen molar-refractivity contribution in [3.8, 4) is 28.1 Å². The van der Waals surface area contributed by atoms with Crippen molar-refractivity contribution in [2.24, 2.45) is 11.3 Å². The molecule has 4 heterocycles. The van der Waals surface area contributed by atoms with Gasteiger partial charge in [-0.1, -0.05) is 80.4 Å². The van der Waals surface area contributed by atoms with E-state index in [-0.39, 0.29) is 49.3 Å². The first-order valence-electron chi connectivity index (χ1n) is 26.7. The zero-order chi connectivity index (χ0) is 52.2. The first-order chi connectivity index (χ1) is 34.2. The molecule has 4 aromatic rings. The van der Waals surface area contributed by atoms with Crippen LogP contribution in [0.2, 0.25) is 16.6 Å². The van der Waals surface area contributed by atoms with Crippen LogP contribution in [0.5, 0.6) is 5.75 Å². The molecule has 3 amide bonds. The Morgan fingerprint density at radius 2 is 1.67 bits per heavy atom. The second-order valence-electron chi connectivity index (χ2n) is 22.5. The summed E-state index contributed by atoms with van der Waals surface area (Å²) in [4.78, 5) is 64.2. The van der Waals surface area contributed by atoms with Gasteiger partial charge in [0.15, 0.2) is 0 Å². The Morgan fingerprint density at radius 1 is 0.958 bits per heavy atom. The van der Waals surface area contributed by atoms with E-state index in [1.54, 1.807) is 26.1 Å². The lowest BCUT2D eigenvalue weighted by Gasteiger charge is -2.42. The van der Waals surface area contributed by atoms with Crippen molar-refractivity contribution in [1.82, 2.24) is 35.5 Å². The number of carbonyl (C=O) groups excluding carboxylic acids is 4. The summed E-state index contributed by atoms with van der Waals surface area (Å²) in [6.07, 6.45) is 6.86. The van der Waals surface area contributed by atoms with Gasteiger partial charge in [0.25, 0.3) is 14.2 Å². The van der Waals surface area contributed by atoms with E-state index in [0.717, 1.165) is 81.5 Å². The quantitative estimate of drug-likeness (QED) is 0.0775. The van der Waals surface area contributed by atoms with Gasteiger partial charge in [-0.2, -0.15) is 0 Å². The third-order valence-corrected chi connectivity index (χ3v) is 21.9. The fourth-order valence-electron chi connectivity index (χ4n) is 12.3. The molecule has 0 radical (unpaired) electrons. The number of methoxy groups -OCH3 is 1. The van der Waals surface area contributed by atoms with E-state index in [1.807, 2.05) is 19.2 Å².